The standard InChI is InChI=1S/C23H27N5O3S2/c1-15-13-27(14-16(2)31-15)22(30)18-7-5-17(6-8-18)12-24-20(29)9-10-28-21(25-26-23(28)32)19-4-3-11-33-19/h3-8,11,15-16H,9-10,12-14H2,1-2H3,(H,24,29)(H,26,32). The topological polar surface area (TPSA) is 92.3 Å². The molecular formula is C23H27N5O3S2. The lowest BCUT2D eigenvalue weighted by Gasteiger charge is -2.35. The van der Waals surface area contributed by atoms with Crippen molar-refractivity contribution in [3.63, 3.8) is 0 Å². The third-order valence-corrected chi connectivity index (χ3v) is 6.64. The molecule has 33 heavy (non-hydrogen) atoms. The largest absolute Gasteiger partial charge is 0.372 e. The van der Waals surface area contributed by atoms with Crippen LogP contribution in [-0.4, -0.2) is 56.8 Å². The number of nitrogens with zero attached hydrogens (tertiary/aromatic N) is 3. The van der Waals surface area contributed by atoms with Crippen molar-refractivity contribution >= 4 is 35.4 Å². The molecule has 3 aromatic rings. The van der Waals surface area contributed by atoms with Gasteiger partial charge in [-0.05, 0) is 55.2 Å². The van der Waals surface area contributed by atoms with E-state index in [0.29, 0.717) is 36.5 Å². The fraction of sp³-hybridized carbons (Fsp3) is 0.391. The lowest BCUT2D eigenvalue weighted by molar-refractivity contribution is -0.121. The van der Waals surface area contributed by atoms with Crippen molar-refractivity contribution < 1.29 is 14.3 Å². The molecule has 0 aliphatic carbocycles. The van der Waals surface area contributed by atoms with Gasteiger partial charge in [0.05, 0.1) is 17.1 Å². The van der Waals surface area contributed by atoms with Crippen LogP contribution < -0.4 is 5.32 Å². The fourth-order valence-corrected chi connectivity index (χ4v) is 4.86. The van der Waals surface area contributed by atoms with E-state index >= 15 is 0 Å². The quantitative estimate of drug-likeness (QED) is 0.499. The number of morpholine rings is 1. The van der Waals surface area contributed by atoms with Gasteiger partial charge in [0.25, 0.3) is 5.91 Å². The van der Waals surface area contributed by atoms with Gasteiger partial charge in [0, 0.05) is 38.2 Å². The number of hydrogen-bond acceptors (Lipinski definition) is 6. The molecule has 0 spiro atoms. The number of aromatic amines is 1. The zero-order chi connectivity index (χ0) is 23.4. The van der Waals surface area contributed by atoms with Gasteiger partial charge < -0.3 is 15.0 Å². The van der Waals surface area contributed by atoms with Gasteiger partial charge in [0.2, 0.25) is 5.91 Å². The van der Waals surface area contributed by atoms with Gasteiger partial charge in [-0.25, -0.2) is 0 Å². The molecule has 1 aliphatic heterocycles. The van der Waals surface area contributed by atoms with Gasteiger partial charge in [-0.2, -0.15) is 5.10 Å². The van der Waals surface area contributed by atoms with Crippen LogP contribution in [0.15, 0.2) is 41.8 Å². The van der Waals surface area contributed by atoms with Crippen molar-refractivity contribution in [3.8, 4) is 10.7 Å². The Morgan fingerprint density at radius 3 is 2.61 bits per heavy atom. The molecule has 3 heterocycles. The van der Waals surface area contributed by atoms with Gasteiger partial charge >= 0.3 is 0 Å². The van der Waals surface area contributed by atoms with E-state index in [2.05, 4.69) is 15.5 Å². The van der Waals surface area contributed by atoms with Gasteiger partial charge in [-0.3, -0.25) is 19.3 Å². The Labute approximate surface area is 201 Å². The van der Waals surface area contributed by atoms with Gasteiger partial charge in [0.15, 0.2) is 10.6 Å². The minimum atomic E-state index is -0.0772. The molecule has 2 amide bonds. The Bertz CT molecular complexity index is 1140. The number of aromatic nitrogens is 3. The van der Waals surface area contributed by atoms with Crippen molar-refractivity contribution in [2.24, 2.45) is 0 Å². The van der Waals surface area contributed by atoms with Crippen molar-refractivity contribution in [1.82, 2.24) is 25.0 Å². The summed E-state index contributed by atoms with van der Waals surface area (Å²) in [6.07, 6.45) is 0.354. The number of carbonyl (C=O) groups is 2. The number of H-pyrrole nitrogens is 1. The smallest absolute Gasteiger partial charge is 0.254 e. The van der Waals surface area contributed by atoms with Gasteiger partial charge in [-0.15, -0.1) is 11.3 Å². The van der Waals surface area contributed by atoms with E-state index in [9.17, 15) is 9.59 Å². The second-order valence-electron chi connectivity index (χ2n) is 8.17. The molecule has 1 fully saturated rings. The Balaban J connectivity index is 1.28. The number of carbonyl (C=O) groups excluding carboxylic acids is 2. The average Bonchev–Trinajstić information content (AvgIpc) is 3.45. The number of ether oxygens (including phenoxy) is 1. The number of amides is 2. The Morgan fingerprint density at radius 2 is 1.94 bits per heavy atom. The number of nitrogens with one attached hydrogen (secondary N) is 2. The maximum atomic E-state index is 12.8. The zero-order valence-electron chi connectivity index (χ0n) is 18.6. The van der Waals surface area contributed by atoms with E-state index in [4.69, 9.17) is 17.0 Å². The van der Waals surface area contributed by atoms with Crippen LogP contribution in [0.3, 0.4) is 0 Å². The first-order valence-corrected chi connectivity index (χ1v) is 12.2. The molecule has 2 aromatic heterocycles. The number of thiophene rings is 1. The molecular weight excluding hydrogens is 458 g/mol. The summed E-state index contributed by atoms with van der Waals surface area (Å²) in [5, 5.41) is 12.0. The first-order chi connectivity index (χ1) is 15.9. The van der Waals surface area contributed by atoms with Crippen LogP contribution in [0.1, 0.15) is 36.2 Å². The van der Waals surface area contributed by atoms with E-state index in [1.807, 2.05) is 65.1 Å². The molecule has 174 valence electrons. The molecule has 8 nitrogen and oxygen atoms in total. The summed E-state index contributed by atoms with van der Waals surface area (Å²) in [6, 6.07) is 11.3. The lowest BCUT2D eigenvalue weighted by atomic mass is 10.1. The molecule has 2 unspecified atom stereocenters. The van der Waals surface area contributed by atoms with Crippen molar-refractivity contribution in [3.05, 3.63) is 57.7 Å². The minimum Gasteiger partial charge on any atom is -0.372 e. The third-order valence-electron chi connectivity index (χ3n) is 5.46. The fourth-order valence-electron chi connectivity index (χ4n) is 3.91. The van der Waals surface area contributed by atoms with Crippen molar-refractivity contribution in [1.29, 1.82) is 0 Å². The van der Waals surface area contributed by atoms with E-state index in [-0.39, 0.29) is 30.4 Å². The van der Waals surface area contributed by atoms with Crippen molar-refractivity contribution in [2.45, 2.75) is 45.6 Å². The number of rotatable bonds is 7. The maximum absolute atomic E-state index is 12.8. The first-order valence-electron chi connectivity index (χ1n) is 10.9. The molecule has 0 radical (unpaired) electrons. The summed E-state index contributed by atoms with van der Waals surface area (Å²) >= 11 is 6.89. The summed E-state index contributed by atoms with van der Waals surface area (Å²) in [5.74, 6) is 0.671. The van der Waals surface area contributed by atoms with E-state index in [0.717, 1.165) is 16.3 Å². The Morgan fingerprint density at radius 1 is 1.21 bits per heavy atom. The van der Waals surface area contributed by atoms with Gasteiger partial charge in [-0.1, -0.05) is 18.2 Å². The molecule has 10 heteroatoms. The summed E-state index contributed by atoms with van der Waals surface area (Å²) in [6.45, 7) is 5.98. The van der Waals surface area contributed by atoms with E-state index < -0.39 is 0 Å². The normalized spacial score (nSPS) is 18.3. The molecule has 2 N–H and O–H groups in total. The molecule has 0 bridgehead atoms. The van der Waals surface area contributed by atoms with Crippen LogP contribution >= 0.6 is 23.6 Å². The second-order valence-corrected chi connectivity index (χ2v) is 9.51. The molecule has 4 rings (SSSR count). The highest BCUT2D eigenvalue weighted by Crippen LogP contribution is 2.23. The maximum Gasteiger partial charge on any atom is 0.254 e. The predicted molar refractivity (Wildman–Crippen MR) is 130 cm³/mol. The monoisotopic (exact) mass is 485 g/mol. The second kappa shape index (κ2) is 10.4. The molecule has 1 aromatic carbocycles. The molecule has 0 saturated carbocycles. The Kier molecular flexibility index (Phi) is 7.36. The molecule has 2 atom stereocenters. The average molecular weight is 486 g/mol. The van der Waals surface area contributed by atoms with Gasteiger partial charge in [0.1, 0.15) is 0 Å². The number of hydrogen-bond donors (Lipinski definition) is 2. The van der Waals surface area contributed by atoms with Crippen LogP contribution in [0.25, 0.3) is 10.7 Å². The minimum absolute atomic E-state index is 0.00554. The van der Waals surface area contributed by atoms with Crippen LogP contribution in [-0.2, 0) is 22.6 Å². The highest BCUT2D eigenvalue weighted by atomic mass is 32.1. The lowest BCUT2D eigenvalue weighted by Crippen LogP contribution is -2.48. The van der Waals surface area contributed by atoms with E-state index in [1.165, 1.54) is 0 Å². The first kappa shape index (κ1) is 23.3. The highest BCUT2D eigenvalue weighted by Gasteiger charge is 2.26. The zero-order valence-corrected chi connectivity index (χ0v) is 20.2. The summed E-state index contributed by atoms with van der Waals surface area (Å²) in [7, 11) is 0. The van der Waals surface area contributed by atoms with E-state index in [1.54, 1.807) is 11.3 Å². The highest BCUT2D eigenvalue weighted by molar-refractivity contribution is 7.71. The third kappa shape index (κ3) is 5.76. The molecule has 1 saturated heterocycles. The van der Waals surface area contributed by atoms with Crippen LogP contribution in [0.5, 0.6) is 0 Å². The van der Waals surface area contributed by atoms with Crippen LogP contribution in [0.4, 0.5) is 0 Å². The Hall–Kier alpha value is -2.82. The SMILES string of the molecule is CC1CN(C(=O)c2ccc(CNC(=O)CCn3c(-c4cccs4)n[nH]c3=S)cc2)CC(C)O1. The van der Waals surface area contributed by atoms with Crippen molar-refractivity contribution in [2.75, 3.05) is 13.1 Å². The van der Waals surface area contributed by atoms with Crippen LogP contribution in [0.2, 0.25) is 0 Å². The summed E-state index contributed by atoms with van der Waals surface area (Å²) < 4.78 is 8.04. The predicted octanol–water partition coefficient (Wildman–Crippen LogP) is 3.63. The van der Waals surface area contributed by atoms with Crippen LogP contribution in [0, 0.1) is 4.77 Å². The summed E-state index contributed by atoms with van der Waals surface area (Å²) in [5.41, 5.74) is 1.57. The number of benzene rings is 1. The molecule has 1 aliphatic rings. The summed E-state index contributed by atoms with van der Waals surface area (Å²) in [4.78, 5) is 28.0.